The molecule has 0 saturated carbocycles. The lowest BCUT2D eigenvalue weighted by atomic mass is 9.98. The molecule has 1 unspecified atom stereocenters. The lowest BCUT2D eigenvalue weighted by molar-refractivity contribution is 0.0932. The largest absolute Gasteiger partial charge is 0.296 e. The Balaban J connectivity index is 1.92. The number of hydrogen-bond donors (Lipinski definition) is 0. The lowest BCUT2D eigenvalue weighted by Crippen LogP contribution is -2.31. The predicted octanol–water partition coefficient (Wildman–Crippen LogP) is 4.14. The van der Waals surface area contributed by atoms with Crippen LogP contribution >= 0.6 is 15.9 Å². The third kappa shape index (κ3) is 4.43. The Kier molecular flexibility index (Phi) is 5.59. The Morgan fingerprint density at radius 3 is 2.95 bits per heavy atom. The summed E-state index contributed by atoms with van der Waals surface area (Å²) in [6, 6.07) is 7.69. The number of ketones is 1. The molecule has 1 aliphatic heterocycles. The van der Waals surface area contributed by atoms with E-state index in [1.54, 1.807) is 0 Å². The van der Waals surface area contributed by atoms with Gasteiger partial charge in [0.25, 0.3) is 0 Å². The molecule has 3 heteroatoms. The van der Waals surface area contributed by atoms with Gasteiger partial charge in [0, 0.05) is 10.0 Å². The quantitative estimate of drug-likeness (QED) is 0.776. The molecular formula is C16H22BrNO. The second kappa shape index (κ2) is 7.20. The number of halogens is 1. The summed E-state index contributed by atoms with van der Waals surface area (Å²) < 4.78 is 0.972. The van der Waals surface area contributed by atoms with Crippen molar-refractivity contribution in [3.63, 3.8) is 0 Å². The monoisotopic (exact) mass is 323 g/mol. The van der Waals surface area contributed by atoms with Crippen molar-refractivity contribution < 1.29 is 4.79 Å². The highest BCUT2D eigenvalue weighted by Crippen LogP contribution is 2.20. The third-order valence-corrected chi connectivity index (χ3v) is 4.52. The van der Waals surface area contributed by atoms with Crippen LogP contribution < -0.4 is 0 Å². The number of hydrogen-bond acceptors (Lipinski definition) is 2. The average molecular weight is 324 g/mol. The van der Waals surface area contributed by atoms with Gasteiger partial charge in [0.2, 0.25) is 0 Å². The zero-order valence-corrected chi connectivity index (χ0v) is 13.2. The van der Waals surface area contributed by atoms with Crippen molar-refractivity contribution in [2.24, 2.45) is 5.92 Å². The Labute approximate surface area is 124 Å². The molecule has 1 heterocycles. The van der Waals surface area contributed by atoms with Crippen LogP contribution in [0.3, 0.4) is 0 Å². The summed E-state index contributed by atoms with van der Waals surface area (Å²) in [5.74, 6) is 1.09. The highest BCUT2D eigenvalue weighted by Gasteiger charge is 2.18. The van der Waals surface area contributed by atoms with E-state index in [2.05, 4.69) is 27.8 Å². The van der Waals surface area contributed by atoms with Gasteiger partial charge in [-0.25, -0.2) is 0 Å². The first-order chi connectivity index (χ1) is 9.19. The second-order valence-corrected chi connectivity index (χ2v) is 6.33. The van der Waals surface area contributed by atoms with Crippen molar-refractivity contribution in [1.82, 2.24) is 4.90 Å². The topological polar surface area (TPSA) is 20.3 Å². The number of nitrogens with zero attached hydrogens (tertiary/aromatic N) is 1. The highest BCUT2D eigenvalue weighted by molar-refractivity contribution is 9.10. The number of Topliss-reactive ketones (excluding diaryl/α,β-unsaturated/α-hetero) is 1. The van der Waals surface area contributed by atoms with Crippen molar-refractivity contribution in [2.45, 2.75) is 32.6 Å². The summed E-state index contributed by atoms with van der Waals surface area (Å²) in [5.41, 5.74) is 0.811. The minimum atomic E-state index is 0.233. The average Bonchev–Trinajstić information content (AvgIpc) is 2.64. The molecule has 0 aliphatic carbocycles. The van der Waals surface area contributed by atoms with Crippen LogP contribution in [0.2, 0.25) is 0 Å². The van der Waals surface area contributed by atoms with E-state index in [-0.39, 0.29) is 5.78 Å². The number of likely N-dealkylation sites (tertiary alicyclic amines) is 1. The van der Waals surface area contributed by atoms with E-state index in [9.17, 15) is 4.79 Å². The van der Waals surface area contributed by atoms with Gasteiger partial charge in [-0.05, 0) is 50.4 Å². The smallest absolute Gasteiger partial charge is 0.176 e. The maximum absolute atomic E-state index is 12.3. The van der Waals surface area contributed by atoms with Crippen LogP contribution in [0.25, 0.3) is 0 Å². The highest BCUT2D eigenvalue weighted by atomic mass is 79.9. The minimum Gasteiger partial charge on any atom is -0.296 e. The standard InChI is InChI=1S/C16H22BrNO/c1-2-13-5-4-9-18(10-8-13)12-16(19)14-6-3-7-15(17)11-14/h3,6-7,11,13H,2,4-5,8-10,12H2,1H3. The zero-order valence-electron chi connectivity index (χ0n) is 11.6. The van der Waals surface area contributed by atoms with E-state index < -0.39 is 0 Å². The normalized spacial score (nSPS) is 21.1. The third-order valence-electron chi connectivity index (χ3n) is 4.03. The second-order valence-electron chi connectivity index (χ2n) is 5.41. The summed E-state index contributed by atoms with van der Waals surface area (Å²) in [4.78, 5) is 14.6. The molecule has 0 radical (unpaired) electrons. The van der Waals surface area contributed by atoms with Gasteiger partial charge < -0.3 is 0 Å². The van der Waals surface area contributed by atoms with Crippen LogP contribution in [0.5, 0.6) is 0 Å². The first kappa shape index (κ1) is 14.7. The fourth-order valence-corrected chi connectivity index (χ4v) is 3.15. The van der Waals surface area contributed by atoms with Gasteiger partial charge in [-0.2, -0.15) is 0 Å². The fraction of sp³-hybridized carbons (Fsp3) is 0.562. The van der Waals surface area contributed by atoms with Crippen LogP contribution in [0.15, 0.2) is 28.7 Å². The zero-order chi connectivity index (χ0) is 13.7. The van der Waals surface area contributed by atoms with Gasteiger partial charge in [-0.15, -0.1) is 0 Å². The van der Waals surface area contributed by atoms with Gasteiger partial charge in [-0.1, -0.05) is 41.4 Å². The maximum Gasteiger partial charge on any atom is 0.176 e. The minimum absolute atomic E-state index is 0.233. The SMILES string of the molecule is CCC1CCCN(CC(=O)c2cccc(Br)c2)CC1. The van der Waals surface area contributed by atoms with E-state index in [4.69, 9.17) is 0 Å². The van der Waals surface area contributed by atoms with Gasteiger partial charge in [0.05, 0.1) is 6.54 Å². The molecule has 0 N–H and O–H groups in total. The van der Waals surface area contributed by atoms with Gasteiger partial charge in [0.15, 0.2) is 5.78 Å². The molecule has 1 atom stereocenters. The molecule has 2 nitrogen and oxygen atoms in total. The molecule has 0 amide bonds. The number of benzene rings is 1. The summed E-state index contributed by atoms with van der Waals surface area (Å²) in [6.45, 7) is 4.97. The van der Waals surface area contributed by atoms with Gasteiger partial charge in [-0.3, -0.25) is 9.69 Å². The molecule has 19 heavy (non-hydrogen) atoms. The lowest BCUT2D eigenvalue weighted by Gasteiger charge is -2.19. The van der Waals surface area contributed by atoms with Crippen LogP contribution in [-0.2, 0) is 0 Å². The van der Waals surface area contributed by atoms with E-state index in [0.717, 1.165) is 29.0 Å². The van der Waals surface area contributed by atoms with Crippen molar-refractivity contribution in [1.29, 1.82) is 0 Å². The number of carbonyl (C=O) groups excluding carboxylic acids is 1. The van der Waals surface area contributed by atoms with E-state index in [0.29, 0.717) is 6.54 Å². The summed E-state index contributed by atoms with van der Waals surface area (Å²) in [5, 5.41) is 0. The summed E-state index contributed by atoms with van der Waals surface area (Å²) >= 11 is 3.42. The van der Waals surface area contributed by atoms with Crippen LogP contribution in [0.4, 0.5) is 0 Å². The number of rotatable bonds is 4. The van der Waals surface area contributed by atoms with Crippen molar-refractivity contribution in [2.75, 3.05) is 19.6 Å². The first-order valence-corrected chi connectivity index (χ1v) is 7.99. The molecule has 0 aromatic heterocycles. The summed E-state index contributed by atoms with van der Waals surface area (Å²) in [7, 11) is 0. The molecule has 1 aromatic carbocycles. The van der Waals surface area contributed by atoms with Crippen molar-refractivity contribution in [3.05, 3.63) is 34.3 Å². The Hall–Kier alpha value is -0.670. The van der Waals surface area contributed by atoms with Crippen molar-refractivity contribution >= 4 is 21.7 Å². The van der Waals surface area contributed by atoms with Crippen LogP contribution in [0, 0.1) is 5.92 Å². The fourth-order valence-electron chi connectivity index (χ4n) is 2.75. The Bertz CT molecular complexity index is 433. The Morgan fingerprint density at radius 2 is 2.21 bits per heavy atom. The molecule has 0 bridgehead atoms. The molecule has 1 fully saturated rings. The van der Waals surface area contributed by atoms with Gasteiger partial charge >= 0.3 is 0 Å². The molecule has 1 aromatic rings. The van der Waals surface area contributed by atoms with Gasteiger partial charge in [0.1, 0.15) is 0 Å². The van der Waals surface area contributed by atoms with Crippen LogP contribution in [0.1, 0.15) is 43.0 Å². The predicted molar refractivity (Wildman–Crippen MR) is 82.5 cm³/mol. The Morgan fingerprint density at radius 1 is 1.37 bits per heavy atom. The first-order valence-electron chi connectivity index (χ1n) is 7.20. The maximum atomic E-state index is 12.3. The molecule has 104 valence electrons. The molecule has 1 saturated heterocycles. The van der Waals surface area contributed by atoms with Crippen molar-refractivity contribution in [3.8, 4) is 0 Å². The molecule has 2 rings (SSSR count). The van der Waals surface area contributed by atoms with E-state index in [1.165, 1.54) is 25.7 Å². The molecular weight excluding hydrogens is 302 g/mol. The number of carbonyl (C=O) groups is 1. The van der Waals surface area contributed by atoms with E-state index in [1.807, 2.05) is 24.3 Å². The van der Waals surface area contributed by atoms with Crippen LogP contribution in [-0.4, -0.2) is 30.3 Å². The molecule has 0 spiro atoms. The summed E-state index contributed by atoms with van der Waals surface area (Å²) in [6.07, 6.45) is 5.05. The molecule has 1 aliphatic rings. The van der Waals surface area contributed by atoms with E-state index >= 15 is 0 Å².